The van der Waals surface area contributed by atoms with Gasteiger partial charge in [0.1, 0.15) is 23.3 Å². The molecule has 1 atom stereocenters. The molecule has 0 aliphatic heterocycles. The average molecular weight is 880 g/mol. The Bertz CT molecular complexity index is 1790. The molecule has 4 rings (SSSR count). The molecule has 0 bridgehead atoms. The largest absolute Gasteiger partial charge is 0.864 e. The van der Waals surface area contributed by atoms with Crippen LogP contribution in [0.2, 0.25) is 0 Å². The zero-order valence-corrected chi connectivity index (χ0v) is 34.3. The van der Waals surface area contributed by atoms with Gasteiger partial charge in [0.15, 0.2) is 0 Å². The number of benzene rings is 4. The molecule has 0 saturated heterocycles. The van der Waals surface area contributed by atoms with Crippen LogP contribution < -0.4 is 14.0 Å². The Morgan fingerprint density at radius 1 is 0.492 bits per heavy atom. The van der Waals surface area contributed by atoms with Gasteiger partial charge in [0.25, 0.3) is 0 Å². The van der Waals surface area contributed by atoms with Crippen LogP contribution in [0.1, 0.15) is 113 Å². The molecule has 17 heteroatoms. The Balaban J connectivity index is 0.000000866. The van der Waals surface area contributed by atoms with Crippen molar-refractivity contribution in [3.05, 3.63) is 125 Å². The highest BCUT2D eigenvalue weighted by molar-refractivity contribution is 6.39. The SMILES string of the molecule is CCCCCCCCCC(c1cc(C(F)(F)F)ccc1OB(Oc1ccc(C(F)(F)F)cc1)Oc1ccc(C(F)(F)F)cc1)[N+](CC)(CC)CC.FC(F)(F)c1cc[c-]cc1. The standard InChI is InChI=1S/C37H46BF9NO3.C7H4F3/c1-5-9-10-11-12-13-14-15-33(48(6-2,7-3)8-4)32-26-29(37(45,46)47)20-25-34(32)51-38(49-30-21-16-27(17-22-30)35(39,40)41)50-31-23-18-28(19-24-31)36(42,43)44;8-7(9,10)6-4-2-1-3-5-6/h16-26,33H,5-15H2,1-4H3;2-5H/q+1;-1. The molecular formula is C44H50BF12NO3. The third-order valence-electron chi connectivity index (χ3n) is 10.4. The molecule has 0 spiro atoms. The summed E-state index contributed by atoms with van der Waals surface area (Å²) in [6, 6.07) is 16.7. The molecule has 0 amide bonds. The first-order valence-electron chi connectivity index (χ1n) is 20.0. The number of quaternary nitrogens is 1. The second-order valence-electron chi connectivity index (χ2n) is 14.3. The molecule has 0 aliphatic rings. The second kappa shape index (κ2) is 22.5. The molecule has 1 unspecified atom stereocenters. The maximum atomic E-state index is 14.2. The Kier molecular flexibility index (Phi) is 18.8. The van der Waals surface area contributed by atoms with E-state index in [1.54, 1.807) is 0 Å². The van der Waals surface area contributed by atoms with Crippen LogP contribution >= 0.6 is 0 Å². The van der Waals surface area contributed by atoms with Crippen molar-refractivity contribution < 1.29 is 71.1 Å². The summed E-state index contributed by atoms with van der Waals surface area (Å²) in [5, 5.41) is 0. The summed E-state index contributed by atoms with van der Waals surface area (Å²) in [6.07, 6.45) is -10.6. The van der Waals surface area contributed by atoms with Gasteiger partial charge in [-0.1, -0.05) is 51.0 Å². The van der Waals surface area contributed by atoms with Crippen molar-refractivity contribution in [2.45, 2.75) is 110 Å². The van der Waals surface area contributed by atoms with E-state index in [4.69, 9.17) is 14.0 Å². The van der Waals surface area contributed by atoms with Crippen molar-refractivity contribution in [1.29, 1.82) is 0 Å². The van der Waals surface area contributed by atoms with Crippen molar-refractivity contribution in [2.75, 3.05) is 19.6 Å². The molecule has 4 aromatic carbocycles. The lowest BCUT2D eigenvalue weighted by Gasteiger charge is -2.44. The number of hydrogen-bond donors (Lipinski definition) is 0. The van der Waals surface area contributed by atoms with Crippen molar-refractivity contribution in [2.24, 2.45) is 0 Å². The first-order valence-corrected chi connectivity index (χ1v) is 20.0. The van der Waals surface area contributed by atoms with Crippen molar-refractivity contribution in [1.82, 2.24) is 0 Å². The molecule has 4 aromatic rings. The molecule has 4 nitrogen and oxygen atoms in total. The number of unbranched alkanes of at least 4 members (excludes halogenated alkanes) is 6. The zero-order valence-electron chi connectivity index (χ0n) is 34.3. The third-order valence-corrected chi connectivity index (χ3v) is 10.4. The highest BCUT2D eigenvalue weighted by Gasteiger charge is 2.41. The lowest BCUT2D eigenvalue weighted by Crippen LogP contribution is -2.50. The van der Waals surface area contributed by atoms with E-state index in [1.165, 1.54) is 12.1 Å². The monoisotopic (exact) mass is 879 g/mol. The first-order chi connectivity index (χ1) is 28.6. The van der Waals surface area contributed by atoms with Gasteiger partial charge in [0.05, 0.1) is 41.9 Å². The van der Waals surface area contributed by atoms with E-state index in [1.807, 2.05) is 20.8 Å². The predicted molar refractivity (Wildman–Crippen MR) is 209 cm³/mol. The van der Waals surface area contributed by atoms with Gasteiger partial charge in [0, 0.05) is 6.42 Å². The van der Waals surface area contributed by atoms with Gasteiger partial charge in [-0.2, -0.15) is 83.0 Å². The summed E-state index contributed by atoms with van der Waals surface area (Å²) in [5.41, 5.74) is -3.19. The van der Waals surface area contributed by atoms with E-state index in [9.17, 15) is 52.7 Å². The lowest BCUT2D eigenvalue weighted by atomic mass is 9.92. The molecule has 0 heterocycles. The van der Waals surface area contributed by atoms with Gasteiger partial charge in [-0.05, 0) is 93.9 Å². The Morgan fingerprint density at radius 2 is 0.885 bits per heavy atom. The van der Waals surface area contributed by atoms with Crippen LogP contribution in [-0.2, 0) is 24.7 Å². The van der Waals surface area contributed by atoms with Gasteiger partial charge in [-0.3, -0.25) is 0 Å². The maximum absolute atomic E-state index is 14.2. The highest BCUT2D eigenvalue weighted by Crippen LogP contribution is 2.42. The summed E-state index contributed by atoms with van der Waals surface area (Å²) >= 11 is 0. The van der Waals surface area contributed by atoms with Crippen LogP contribution in [0, 0.1) is 6.07 Å². The molecule has 0 N–H and O–H groups in total. The average Bonchev–Trinajstić information content (AvgIpc) is 3.20. The topological polar surface area (TPSA) is 27.7 Å². The first kappa shape index (κ1) is 50.8. The van der Waals surface area contributed by atoms with E-state index in [0.717, 1.165) is 124 Å². The van der Waals surface area contributed by atoms with Gasteiger partial charge in [-0.15, -0.1) is 0 Å². The number of nitrogens with zero attached hydrogens (tertiary/aromatic N) is 1. The summed E-state index contributed by atoms with van der Waals surface area (Å²) in [6.45, 7) is 9.88. The summed E-state index contributed by atoms with van der Waals surface area (Å²) < 4.78 is 175. The smallest absolute Gasteiger partial charge is 0.490 e. The van der Waals surface area contributed by atoms with Gasteiger partial charge < -0.3 is 18.4 Å². The van der Waals surface area contributed by atoms with Crippen LogP contribution in [0.25, 0.3) is 0 Å². The molecule has 0 radical (unpaired) electrons. The third kappa shape index (κ3) is 15.7. The predicted octanol–water partition coefficient (Wildman–Crippen LogP) is 14.8. The van der Waals surface area contributed by atoms with Gasteiger partial charge in [-0.25, -0.2) is 0 Å². The molecule has 0 fully saturated rings. The van der Waals surface area contributed by atoms with Crippen LogP contribution in [0.15, 0.2) is 91.0 Å². The molecule has 61 heavy (non-hydrogen) atoms. The van der Waals surface area contributed by atoms with Gasteiger partial charge in [0.2, 0.25) is 0 Å². The van der Waals surface area contributed by atoms with Crippen LogP contribution in [0.3, 0.4) is 0 Å². The summed E-state index contributed by atoms with van der Waals surface area (Å²) in [4.78, 5) is 0. The minimum absolute atomic E-state index is 0.0161. The van der Waals surface area contributed by atoms with E-state index in [0.29, 0.717) is 30.5 Å². The molecule has 0 saturated carbocycles. The van der Waals surface area contributed by atoms with Crippen molar-refractivity contribution in [3.8, 4) is 17.2 Å². The Labute approximate surface area is 349 Å². The Hall–Kier alpha value is -4.54. The molecule has 336 valence electrons. The molecule has 0 aliphatic carbocycles. The zero-order chi connectivity index (χ0) is 45.5. The van der Waals surface area contributed by atoms with Crippen LogP contribution in [0.5, 0.6) is 17.2 Å². The highest BCUT2D eigenvalue weighted by atomic mass is 19.4. The lowest BCUT2D eigenvalue weighted by molar-refractivity contribution is -0.953. The summed E-state index contributed by atoms with van der Waals surface area (Å²) in [7, 11) is -1.82. The summed E-state index contributed by atoms with van der Waals surface area (Å²) in [5.74, 6) is -0.305. The minimum atomic E-state index is -4.68. The van der Waals surface area contributed by atoms with Crippen LogP contribution in [0.4, 0.5) is 52.7 Å². The van der Waals surface area contributed by atoms with E-state index >= 15 is 0 Å². The van der Waals surface area contributed by atoms with Crippen molar-refractivity contribution >= 4 is 7.32 Å². The Morgan fingerprint density at radius 3 is 1.28 bits per heavy atom. The van der Waals surface area contributed by atoms with Crippen LogP contribution in [-0.4, -0.2) is 31.4 Å². The number of alkyl halides is 12. The molecular weight excluding hydrogens is 829 g/mol. The van der Waals surface area contributed by atoms with E-state index in [-0.39, 0.29) is 22.8 Å². The van der Waals surface area contributed by atoms with E-state index < -0.39 is 60.3 Å². The van der Waals surface area contributed by atoms with Gasteiger partial charge >= 0.3 is 32.0 Å². The normalized spacial score (nSPS) is 12.9. The number of rotatable bonds is 19. The minimum Gasteiger partial charge on any atom is -0.490 e. The maximum Gasteiger partial charge on any atom is 0.864 e. The van der Waals surface area contributed by atoms with E-state index in [2.05, 4.69) is 13.0 Å². The van der Waals surface area contributed by atoms with Crippen molar-refractivity contribution in [3.63, 3.8) is 0 Å². The number of hydrogen-bond acceptors (Lipinski definition) is 3. The fourth-order valence-corrected chi connectivity index (χ4v) is 6.86. The fraction of sp³-hybridized carbons (Fsp3) is 0.455. The molecule has 0 aromatic heterocycles. The quantitative estimate of drug-likeness (QED) is 0.0309. The fourth-order valence-electron chi connectivity index (χ4n) is 6.86. The number of halogens is 12. The second-order valence-corrected chi connectivity index (χ2v) is 14.3.